The van der Waals surface area contributed by atoms with Crippen molar-refractivity contribution in [1.29, 1.82) is 0 Å². The molecule has 1 amide bonds. The van der Waals surface area contributed by atoms with E-state index in [0.717, 1.165) is 12.1 Å². The summed E-state index contributed by atoms with van der Waals surface area (Å²) in [5.74, 6) is -0.156. The molecule has 0 saturated carbocycles. The Bertz CT molecular complexity index is 459. The molecule has 0 bridgehead atoms. The predicted octanol–water partition coefficient (Wildman–Crippen LogP) is 0.292. The van der Waals surface area contributed by atoms with Crippen LogP contribution in [0.3, 0.4) is 0 Å². The number of anilines is 1. The van der Waals surface area contributed by atoms with E-state index in [1.165, 1.54) is 0 Å². The van der Waals surface area contributed by atoms with Crippen molar-refractivity contribution in [1.82, 2.24) is 20.3 Å². The van der Waals surface area contributed by atoms with Crippen LogP contribution < -0.4 is 11.1 Å². The molecule has 2 aromatic heterocycles. The van der Waals surface area contributed by atoms with Crippen molar-refractivity contribution in [3.8, 4) is 0 Å². The van der Waals surface area contributed by atoms with Crippen molar-refractivity contribution >= 4 is 11.6 Å². The zero-order valence-electron chi connectivity index (χ0n) is 8.66. The molecule has 0 atom stereocenters. The lowest BCUT2D eigenvalue weighted by Gasteiger charge is -2.01. The van der Waals surface area contributed by atoms with Crippen molar-refractivity contribution in [2.45, 2.75) is 6.42 Å². The summed E-state index contributed by atoms with van der Waals surface area (Å²) in [6.45, 7) is 0.556. The van der Waals surface area contributed by atoms with Crippen LogP contribution in [0.2, 0.25) is 0 Å². The fourth-order valence-electron chi connectivity index (χ4n) is 1.37. The van der Waals surface area contributed by atoms with Crippen LogP contribution in [0.4, 0.5) is 5.69 Å². The Labute approximate surface area is 92.3 Å². The standard InChI is InChI=1S/C10H13N5O/c11-7-3-9(14-4-7)10(16)13-2-1-8-5-12-6-15-8/h3-6,14H,1-2,11H2,(H,12,15)(H,13,16). The molecule has 5 N–H and O–H groups in total. The summed E-state index contributed by atoms with van der Waals surface area (Å²) in [6.07, 6.45) is 5.66. The minimum Gasteiger partial charge on any atom is -0.397 e. The van der Waals surface area contributed by atoms with Crippen molar-refractivity contribution in [3.05, 3.63) is 36.2 Å². The van der Waals surface area contributed by atoms with Gasteiger partial charge in [0.2, 0.25) is 0 Å². The Kier molecular flexibility index (Phi) is 2.90. The highest BCUT2D eigenvalue weighted by Crippen LogP contribution is 2.03. The van der Waals surface area contributed by atoms with Gasteiger partial charge in [0.25, 0.3) is 5.91 Å². The third kappa shape index (κ3) is 2.41. The van der Waals surface area contributed by atoms with Gasteiger partial charge in [-0.05, 0) is 6.07 Å². The molecule has 6 heteroatoms. The van der Waals surface area contributed by atoms with Gasteiger partial charge in [-0.3, -0.25) is 4.79 Å². The maximum absolute atomic E-state index is 11.6. The predicted molar refractivity (Wildman–Crippen MR) is 59.8 cm³/mol. The van der Waals surface area contributed by atoms with Gasteiger partial charge in [-0.2, -0.15) is 0 Å². The largest absolute Gasteiger partial charge is 0.397 e. The molecule has 6 nitrogen and oxygen atoms in total. The zero-order valence-corrected chi connectivity index (χ0v) is 8.66. The summed E-state index contributed by atoms with van der Waals surface area (Å²) in [7, 11) is 0. The summed E-state index contributed by atoms with van der Waals surface area (Å²) in [5.41, 5.74) is 7.52. The van der Waals surface area contributed by atoms with Crippen LogP contribution in [0.5, 0.6) is 0 Å². The van der Waals surface area contributed by atoms with Gasteiger partial charge in [0, 0.05) is 36.7 Å². The second kappa shape index (κ2) is 4.52. The molecule has 2 aromatic rings. The van der Waals surface area contributed by atoms with Crippen LogP contribution in [0, 0.1) is 0 Å². The molecular weight excluding hydrogens is 206 g/mol. The van der Waals surface area contributed by atoms with E-state index in [2.05, 4.69) is 20.3 Å². The quantitative estimate of drug-likeness (QED) is 0.594. The molecule has 16 heavy (non-hydrogen) atoms. The number of aromatic amines is 2. The minimum absolute atomic E-state index is 0.156. The molecule has 0 spiro atoms. The fraction of sp³-hybridized carbons (Fsp3) is 0.200. The first-order valence-corrected chi connectivity index (χ1v) is 4.95. The van der Waals surface area contributed by atoms with Gasteiger partial charge in [-0.25, -0.2) is 4.98 Å². The van der Waals surface area contributed by atoms with Crippen LogP contribution in [0.1, 0.15) is 16.2 Å². The van der Waals surface area contributed by atoms with Gasteiger partial charge >= 0.3 is 0 Å². The highest BCUT2D eigenvalue weighted by Gasteiger charge is 2.06. The average Bonchev–Trinajstić information content (AvgIpc) is 2.89. The molecular formula is C10H13N5O. The molecule has 0 aliphatic rings. The Morgan fingerprint density at radius 1 is 1.50 bits per heavy atom. The van der Waals surface area contributed by atoms with Crippen molar-refractivity contribution in [2.75, 3.05) is 12.3 Å². The van der Waals surface area contributed by atoms with E-state index >= 15 is 0 Å². The first-order valence-electron chi connectivity index (χ1n) is 4.95. The number of aromatic nitrogens is 3. The van der Waals surface area contributed by atoms with Gasteiger partial charge < -0.3 is 21.0 Å². The van der Waals surface area contributed by atoms with Crippen LogP contribution in [-0.2, 0) is 6.42 Å². The number of imidazole rings is 1. The van der Waals surface area contributed by atoms with Gasteiger partial charge in [0.15, 0.2) is 0 Å². The molecule has 0 aliphatic carbocycles. The monoisotopic (exact) mass is 219 g/mol. The van der Waals surface area contributed by atoms with E-state index in [-0.39, 0.29) is 5.91 Å². The minimum atomic E-state index is -0.156. The topological polar surface area (TPSA) is 99.6 Å². The van der Waals surface area contributed by atoms with Gasteiger partial charge in [0.05, 0.1) is 6.33 Å². The Morgan fingerprint density at radius 2 is 2.38 bits per heavy atom. The average molecular weight is 219 g/mol. The molecule has 0 unspecified atom stereocenters. The smallest absolute Gasteiger partial charge is 0.267 e. The lowest BCUT2D eigenvalue weighted by atomic mass is 10.3. The molecule has 0 aromatic carbocycles. The molecule has 2 rings (SSSR count). The number of amides is 1. The van der Waals surface area contributed by atoms with E-state index in [4.69, 9.17) is 5.73 Å². The highest BCUT2D eigenvalue weighted by molar-refractivity contribution is 5.93. The SMILES string of the molecule is Nc1c[nH]c(C(=O)NCCc2cnc[nH]2)c1. The Hall–Kier alpha value is -2.24. The fourth-order valence-corrected chi connectivity index (χ4v) is 1.37. The van der Waals surface area contributed by atoms with E-state index in [0.29, 0.717) is 17.9 Å². The number of hydrogen-bond acceptors (Lipinski definition) is 3. The number of carbonyl (C=O) groups excluding carboxylic acids is 1. The first kappa shape index (κ1) is 10.3. The summed E-state index contributed by atoms with van der Waals surface area (Å²) in [5, 5.41) is 2.78. The molecule has 0 fully saturated rings. The molecule has 2 heterocycles. The number of nitrogens with two attached hydrogens (primary N) is 1. The highest BCUT2D eigenvalue weighted by atomic mass is 16.1. The van der Waals surface area contributed by atoms with E-state index < -0.39 is 0 Å². The van der Waals surface area contributed by atoms with Gasteiger partial charge in [0.1, 0.15) is 5.69 Å². The molecule has 0 aliphatic heterocycles. The van der Waals surface area contributed by atoms with Crippen molar-refractivity contribution in [3.63, 3.8) is 0 Å². The number of nitrogen functional groups attached to an aromatic ring is 1. The Morgan fingerprint density at radius 3 is 3.00 bits per heavy atom. The van der Waals surface area contributed by atoms with Gasteiger partial charge in [-0.15, -0.1) is 0 Å². The van der Waals surface area contributed by atoms with E-state index in [1.807, 2.05) is 0 Å². The number of carbonyl (C=O) groups is 1. The Balaban J connectivity index is 1.80. The van der Waals surface area contributed by atoms with Crippen LogP contribution in [-0.4, -0.2) is 27.4 Å². The summed E-state index contributed by atoms with van der Waals surface area (Å²) >= 11 is 0. The number of H-pyrrole nitrogens is 2. The third-order valence-corrected chi connectivity index (χ3v) is 2.18. The molecule has 0 saturated heterocycles. The molecule has 0 radical (unpaired) electrons. The van der Waals surface area contributed by atoms with Crippen LogP contribution in [0.25, 0.3) is 0 Å². The van der Waals surface area contributed by atoms with E-state index in [9.17, 15) is 4.79 Å². The number of hydrogen-bond donors (Lipinski definition) is 4. The molecule has 84 valence electrons. The summed E-state index contributed by atoms with van der Waals surface area (Å²) < 4.78 is 0. The number of nitrogens with zero attached hydrogens (tertiary/aromatic N) is 1. The summed E-state index contributed by atoms with van der Waals surface area (Å²) in [6, 6.07) is 1.60. The van der Waals surface area contributed by atoms with Gasteiger partial charge in [-0.1, -0.05) is 0 Å². The normalized spacial score (nSPS) is 10.2. The lowest BCUT2D eigenvalue weighted by Crippen LogP contribution is -2.26. The first-order chi connectivity index (χ1) is 7.75. The van der Waals surface area contributed by atoms with Crippen molar-refractivity contribution < 1.29 is 4.79 Å². The number of rotatable bonds is 4. The third-order valence-electron chi connectivity index (χ3n) is 2.18. The lowest BCUT2D eigenvalue weighted by molar-refractivity contribution is 0.0949. The second-order valence-electron chi connectivity index (χ2n) is 3.43. The number of nitrogens with one attached hydrogen (secondary N) is 3. The van der Waals surface area contributed by atoms with Crippen LogP contribution in [0.15, 0.2) is 24.8 Å². The summed E-state index contributed by atoms with van der Waals surface area (Å²) in [4.78, 5) is 21.2. The maximum Gasteiger partial charge on any atom is 0.267 e. The van der Waals surface area contributed by atoms with E-state index in [1.54, 1.807) is 24.8 Å². The second-order valence-corrected chi connectivity index (χ2v) is 3.43. The van der Waals surface area contributed by atoms with Crippen molar-refractivity contribution in [2.24, 2.45) is 0 Å². The zero-order chi connectivity index (χ0) is 11.4. The van der Waals surface area contributed by atoms with Crippen LogP contribution >= 0.6 is 0 Å². The maximum atomic E-state index is 11.6.